The molecule has 2 heterocycles. The van der Waals surface area contributed by atoms with Crippen molar-refractivity contribution >= 4 is 17.6 Å². The van der Waals surface area contributed by atoms with Crippen LogP contribution in [0.3, 0.4) is 0 Å². The van der Waals surface area contributed by atoms with E-state index in [1.807, 2.05) is 11.8 Å². The maximum Gasteiger partial charge on any atom is 0.254 e. The third-order valence-corrected chi connectivity index (χ3v) is 4.46. The second-order valence-corrected chi connectivity index (χ2v) is 6.54. The molecule has 7 nitrogen and oxygen atoms in total. The van der Waals surface area contributed by atoms with Crippen molar-refractivity contribution in [3.8, 4) is 0 Å². The van der Waals surface area contributed by atoms with Gasteiger partial charge in [-0.1, -0.05) is 0 Å². The molecule has 1 aromatic heterocycles. The van der Waals surface area contributed by atoms with Crippen molar-refractivity contribution in [3.05, 3.63) is 47.2 Å². The van der Waals surface area contributed by atoms with Crippen molar-refractivity contribution in [1.82, 2.24) is 19.6 Å². The number of aromatic nitrogens is 2. The molecule has 1 aromatic carbocycles. The maximum absolute atomic E-state index is 13.3. The van der Waals surface area contributed by atoms with E-state index in [2.05, 4.69) is 10.4 Å². The monoisotopic (exact) mass is 377 g/mol. The van der Waals surface area contributed by atoms with Gasteiger partial charge in [-0.2, -0.15) is 5.10 Å². The molecule has 0 unspecified atom stereocenters. The van der Waals surface area contributed by atoms with Gasteiger partial charge >= 0.3 is 0 Å². The molecule has 1 saturated heterocycles. The van der Waals surface area contributed by atoms with E-state index in [0.717, 1.165) is 17.8 Å². The summed E-state index contributed by atoms with van der Waals surface area (Å²) in [6.45, 7) is 3.92. The fourth-order valence-electron chi connectivity index (χ4n) is 3.03. The number of amides is 2. The van der Waals surface area contributed by atoms with Crippen LogP contribution in [0.2, 0.25) is 0 Å². The van der Waals surface area contributed by atoms with Crippen LogP contribution in [0.25, 0.3) is 0 Å². The highest BCUT2D eigenvalue weighted by molar-refractivity contribution is 5.94. The highest BCUT2D eigenvalue weighted by atomic mass is 19.2. The number of hydrogen-bond acceptors (Lipinski definition) is 4. The highest BCUT2D eigenvalue weighted by Gasteiger charge is 2.24. The normalized spacial score (nSPS) is 15.0. The summed E-state index contributed by atoms with van der Waals surface area (Å²) in [5, 5.41) is 6.99. The van der Waals surface area contributed by atoms with E-state index in [9.17, 15) is 18.4 Å². The topological polar surface area (TPSA) is 70.5 Å². The van der Waals surface area contributed by atoms with E-state index < -0.39 is 11.6 Å². The number of benzene rings is 1. The molecule has 3 rings (SSSR count). The maximum atomic E-state index is 13.3. The molecule has 27 heavy (non-hydrogen) atoms. The van der Waals surface area contributed by atoms with Gasteiger partial charge in [-0.15, -0.1) is 0 Å². The smallest absolute Gasteiger partial charge is 0.254 e. The largest absolute Gasteiger partial charge is 0.336 e. The Bertz CT molecular complexity index is 859. The Morgan fingerprint density at radius 2 is 1.81 bits per heavy atom. The first-order valence-corrected chi connectivity index (χ1v) is 8.60. The molecular formula is C18H21F2N5O2. The van der Waals surface area contributed by atoms with Crippen molar-refractivity contribution in [2.45, 2.75) is 6.92 Å². The van der Waals surface area contributed by atoms with E-state index >= 15 is 0 Å². The van der Waals surface area contributed by atoms with Crippen LogP contribution in [-0.2, 0) is 11.8 Å². The van der Waals surface area contributed by atoms with Gasteiger partial charge in [0, 0.05) is 44.9 Å². The zero-order valence-electron chi connectivity index (χ0n) is 15.2. The molecule has 1 fully saturated rings. The predicted octanol–water partition coefficient (Wildman–Crippen LogP) is 1.40. The van der Waals surface area contributed by atoms with E-state index in [1.54, 1.807) is 22.7 Å². The first kappa shape index (κ1) is 19.0. The van der Waals surface area contributed by atoms with Crippen molar-refractivity contribution < 1.29 is 18.4 Å². The highest BCUT2D eigenvalue weighted by Crippen LogP contribution is 2.13. The van der Waals surface area contributed by atoms with Crippen LogP contribution < -0.4 is 5.32 Å². The average Bonchev–Trinajstić information content (AvgIpc) is 2.94. The Morgan fingerprint density at radius 3 is 2.41 bits per heavy atom. The van der Waals surface area contributed by atoms with Crippen molar-refractivity contribution in [1.29, 1.82) is 0 Å². The fraction of sp³-hybridized carbons (Fsp3) is 0.389. The Balaban J connectivity index is 1.51. The Morgan fingerprint density at radius 1 is 1.11 bits per heavy atom. The summed E-state index contributed by atoms with van der Waals surface area (Å²) in [6.07, 6.45) is 0. The molecule has 1 aliphatic rings. The lowest BCUT2D eigenvalue weighted by Gasteiger charge is -2.34. The minimum atomic E-state index is -1.04. The molecule has 0 bridgehead atoms. The van der Waals surface area contributed by atoms with Crippen molar-refractivity contribution in [2.75, 3.05) is 38.0 Å². The molecule has 2 aromatic rings. The van der Waals surface area contributed by atoms with Crippen LogP contribution >= 0.6 is 0 Å². The van der Waals surface area contributed by atoms with E-state index in [1.165, 1.54) is 6.07 Å². The Hall–Kier alpha value is -2.81. The molecule has 2 amide bonds. The number of rotatable bonds is 4. The van der Waals surface area contributed by atoms with E-state index in [0.29, 0.717) is 32.0 Å². The third-order valence-electron chi connectivity index (χ3n) is 4.46. The number of nitrogens with zero attached hydrogens (tertiary/aromatic N) is 4. The summed E-state index contributed by atoms with van der Waals surface area (Å²) in [7, 11) is 1.76. The van der Waals surface area contributed by atoms with Gasteiger partial charge < -0.3 is 10.2 Å². The lowest BCUT2D eigenvalue weighted by atomic mass is 10.1. The average molecular weight is 377 g/mol. The molecule has 9 heteroatoms. The summed E-state index contributed by atoms with van der Waals surface area (Å²) in [5.41, 5.74) is 0.934. The predicted molar refractivity (Wildman–Crippen MR) is 95.3 cm³/mol. The lowest BCUT2D eigenvalue weighted by molar-refractivity contribution is -0.117. The first-order chi connectivity index (χ1) is 12.8. The SMILES string of the molecule is Cc1cc(NC(=O)CN2CCN(C(=O)c3ccc(F)c(F)c3)CC2)n(C)n1. The third kappa shape index (κ3) is 4.48. The number of aryl methyl sites for hydroxylation is 2. The molecule has 1 N–H and O–H groups in total. The molecule has 0 saturated carbocycles. The van der Waals surface area contributed by atoms with Crippen molar-refractivity contribution in [3.63, 3.8) is 0 Å². The minimum Gasteiger partial charge on any atom is -0.336 e. The summed E-state index contributed by atoms with van der Waals surface area (Å²) in [4.78, 5) is 28.1. The van der Waals surface area contributed by atoms with Gasteiger partial charge in [0.1, 0.15) is 5.82 Å². The lowest BCUT2D eigenvalue weighted by Crippen LogP contribution is -2.50. The summed E-state index contributed by atoms with van der Waals surface area (Å²) in [5.74, 6) is -1.89. The van der Waals surface area contributed by atoms with Gasteiger partial charge in [0.15, 0.2) is 11.6 Å². The number of nitrogens with one attached hydrogen (secondary N) is 1. The number of halogens is 2. The molecule has 0 spiro atoms. The number of piperazine rings is 1. The molecule has 0 aliphatic carbocycles. The molecular weight excluding hydrogens is 356 g/mol. The van der Waals surface area contributed by atoms with Crippen LogP contribution in [0.5, 0.6) is 0 Å². The van der Waals surface area contributed by atoms with E-state index in [4.69, 9.17) is 0 Å². The van der Waals surface area contributed by atoms with Crippen molar-refractivity contribution in [2.24, 2.45) is 7.05 Å². The quantitative estimate of drug-likeness (QED) is 0.875. The number of hydrogen-bond donors (Lipinski definition) is 1. The van der Waals surface area contributed by atoms with Crippen LogP contribution in [0.1, 0.15) is 16.1 Å². The second-order valence-electron chi connectivity index (χ2n) is 6.54. The van der Waals surface area contributed by atoms with Crippen LogP contribution in [0.15, 0.2) is 24.3 Å². The zero-order chi connectivity index (χ0) is 19.6. The van der Waals surface area contributed by atoms with Gasteiger partial charge in [0.2, 0.25) is 5.91 Å². The standard InChI is InChI=1S/C18H21F2N5O2/c1-12-9-16(23(2)22-12)21-17(26)11-24-5-7-25(8-6-24)18(27)13-3-4-14(19)15(20)10-13/h3-4,9-10H,5-8,11H2,1-2H3,(H,21,26). The second kappa shape index (κ2) is 7.83. The van der Waals surface area contributed by atoms with Crippen LogP contribution in [0, 0.1) is 18.6 Å². The van der Waals surface area contributed by atoms with Gasteiger partial charge in [-0.05, 0) is 25.1 Å². The summed E-state index contributed by atoms with van der Waals surface area (Å²) in [6, 6.07) is 4.92. The minimum absolute atomic E-state index is 0.117. The molecule has 144 valence electrons. The van der Waals surface area contributed by atoms with Gasteiger partial charge in [0.05, 0.1) is 12.2 Å². The first-order valence-electron chi connectivity index (χ1n) is 8.60. The summed E-state index contributed by atoms with van der Waals surface area (Å²) < 4.78 is 27.9. The van der Waals surface area contributed by atoms with Gasteiger partial charge in [-0.3, -0.25) is 19.2 Å². The van der Waals surface area contributed by atoms with E-state index in [-0.39, 0.29) is 23.9 Å². The van der Waals surface area contributed by atoms with Crippen LogP contribution in [0.4, 0.5) is 14.6 Å². The number of carbonyl (C=O) groups excluding carboxylic acids is 2. The van der Waals surface area contributed by atoms with Gasteiger partial charge in [-0.25, -0.2) is 8.78 Å². The van der Waals surface area contributed by atoms with Crippen LogP contribution in [-0.4, -0.2) is 64.1 Å². The van der Waals surface area contributed by atoms with Gasteiger partial charge in [0.25, 0.3) is 5.91 Å². The Kier molecular flexibility index (Phi) is 5.50. The molecule has 0 atom stereocenters. The molecule has 0 radical (unpaired) electrons. The number of carbonyl (C=O) groups is 2. The Labute approximate surface area is 155 Å². The summed E-state index contributed by atoms with van der Waals surface area (Å²) >= 11 is 0. The fourth-order valence-corrected chi connectivity index (χ4v) is 3.03. The molecule has 1 aliphatic heterocycles. The number of anilines is 1. The zero-order valence-corrected chi connectivity index (χ0v) is 15.2.